The van der Waals surface area contributed by atoms with Gasteiger partial charge in [-0.25, -0.2) is 0 Å². The lowest BCUT2D eigenvalue weighted by atomic mass is 9.65. The molecule has 164 valence electrons. The molecule has 3 fully saturated rings. The third-order valence-corrected chi connectivity index (χ3v) is 8.17. The number of methoxy groups -OCH3 is 1. The summed E-state index contributed by atoms with van der Waals surface area (Å²) in [5.41, 5.74) is 0.989. The van der Waals surface area contributed by atoms with Crippen LogP contribution in [-0.4, -0.2) is 68.5 Å². The Morgan fingerprint density at radius 2 is 1.83 bits per heavy atom. The Labute approximate surface area is 179 Å². The van der Waals surface area contributed by atoms with Gasteiger partial charge in [0.1, 0.15) is 5.75 Å². The van der Waals surface area contributed by atoms with E-state index in [1.165, 1.54) is 0 Å². The van der Waals surface area contributed by atoms with Crippen LogP contribution in [0.2, 0.25) is 0 Å². The van der Waals surface area contributed by atoms with Crippen molar-refractivity contribution < 1.29 is 14.3 Å². The molecule has 0 aromatic heterocycles. The minimum atomic E-state index is -0.236. The zero-order valence-electron chi connectivity index (χ0n) is 18.6. The van der Waals surface area contributed by atoms with Crippen molar-refractivity contribution in [3.05, 3.63) is 29.8 Å². The molecule has 0 bridgehead atoms. The van der Waals surface area contributed by atoms with Crippen molar-refractivity contribution in [2.45, 2.75) is 39.0 Å². The van der Waals surface area contributed by atoms with Gasteiger partial charge in [-0.2, -0.15) is 0 Å². The number of ether oxygens (including phenoxy) is 1. The Morgan fingerprint density at radius 3 is 2.43 bits per heavy atom. The van der Waals surface area contributed by atoms with Gasteiger partial charge in [-0.3, -0.25) is 9.59 Å². The summed E-state index contributed by atoms with van der Waals surface area (Å²) in [7, 11) is 3.42. The van der Waals surface area contributed by atoms with E-state index in [1.807, 2.05) is 29.2 Å². The second-order valence-electron chi connectivity index (χ2n) is 9.38. The largest absolute Gasteiger partial charge is 0.497 e. The average molecular weight is 414 g/mol. The van der Waals surface area contributed by atoms with Crippen molar-refractivity contribution in [2.75, 3.05) is 46.9 Å². The highest BCUT2D eigenvalue weighted by Gasteiger charge is 2.63. The Morgan fingerprint density at radius 1 is 1.13 bits per heavy atom. The number of hydrogen-bond acceptors (Lipinski definition) is 4. The molecule has 0 radical (unpaired) electrons. The Kier molecular flexibility index (Phi) is 5.80. The molecule has 2 amide bonds. The van der Waals surface area contributed by atoms with Crippen LogP contribution in [-0.2, 0) is 16.0 Å². The van der Waals surface area contributed by atoms with Gasteiger partial charge in [0.05, 0.1) is 18.9 Å². The number of benzene rings is 1. The van der Waals surface area contributed by atoms with Gasteiger partial charge < -0.3 is 19.9 Å². The van der Waals surface area contributed by atoms with E-state index in [-0.39, 0.29) is 22.6 Å². The molecule has 1 aliphatic carbocycles. The van der Waals surface area contributed by atoms with Crippen molar-refractivity contribution in [2.24, 2.45) is 16.7 Å². The molecule has 2 atom stereocenters. The van der Waals surface area contributed by atoms with E-state index < -0.39 is 0 Å². The first-order valence-electron chi connectivity index (χ1n) is 11.3. The van der Waals surface area contributed by atoms with E-state index in [0.29, 0.717) is 12.3 Å². The van der Waals surface area contributed by atoms with Gasteiger partial charge >= 0.3 is 0 Å². The van der Waals surface area contributed by atoms with Gasteiger partial charge in [-0.15, -0.1) is 0 Å². The SMILES string of the molecule is CCN1C[C@H]2C3(CCN(C(=O)Cc4ccc(OC)cc4)CC3)CC[C@@]2(C(=O)NC)C1. The molecule has 6 heteroatoms. The molecule has 2 saturated heterocycles. The fourth-order valence-electron chi connectivity index (χ4n) is 6.35. The summed E-state index contributed by atoms with van der Waals surface area (Å²) >= 11 is 0. The van der Waals surface area contributed by atoms with Gasteiger partial charge in [0.2, 0.25) is 11.8 Å². The fourth-order valence-corrected chi connectivity index (χ4v) is 6.35. The second-order valence-corrected chi connectivity index (χ2v) is 9.38. The van der Waals surface area contributed by atoms with E-state index in [4.69, 9.17) is 4.74 Å². The summed E-state index contributed by atoms with van der Waals surface area (Å²) in [4.78, 5) is 30.3. The standard InChI is InChI=1S/C24H35N3O3/c1-4-26-16-20-23(9-10-24(20,17-26)22(29)25-2)11-13-27(14-12-23)21(28)15-18-5-7-19(30-3)8-6-18/h5-8,20H,4,9-17H2,1-3H3,(H,25,29)/t20-,24+/m0/s1. The predicted molar refractivity (Wildman–Crippen MR) is 116 cm³/mol. The van der Waals surface area contributed by atoms with E-state index in [1.54, 1.807) is 14.2 Å². The highest BCUT2D eigenvalue weighted by atomic mass is 16.5. The molecule has 1 spiro atoms. The maximum absolute atomic E-state index is 12.9. The van der Waals surface area contributed by atoms with Crippen LogP contribution < -0.4 is 10.1 Å². The number of carbonyl (C=O) groups is 2. The number of carbonyl (C=O) groups excluding carboxylic acids is 2. The molecule has 2 aliphatic heterocycles. The molecule has 1 saturated carbocycles. The first kappa shape index (κ1) is 21.2. The normalized spacial score (nSPS) is 27.8. The van der Waals surface area contributed by atoms with Gasteiger partial charge in [-0.1, -0.05) is 19.1 Å². The molecule has 1 N–H and O–H groups in total. The van der Waals surface area contributed by atoms with Crippen LogP contribution in [0.1, 0.15) is 38.2 Å². The van der Waals surface area contributed by atoms with Gasteiger partial charge in [0.25, 0.3) is 0 Å². The minimum Gasteiger partial charge on any atom is -0.497 e. The molecular formula is C24H35N3O3. The van der Waals surface area contributed by atoms with Crippen molar-refractivity contribution in [3.63, 3.8) is 0 Å². The quantitative estimate of drug-likeness (QED) is 0.805. The number of piperidine rings is 1. The van der Waals surface area contributed by atoms with E-state index in [9.17, 15) is 9.59 Å². The summed E-state index contributed by atoms with van der Waals surface area (Å²) < 4.78 is 5.20. The maximum atomic E-state index is 12.9. The van der Waals surface area contributed by atoms with E-state index in [0.717, 1.165) is 69.7 Å². The summed E-state index contributed by atoms with van der Waals surface area (Å²) in [5, 5.41) is 2.96. The maximum Gasteiger partial charge on any atom is 0.227 e. The zero-order chi connectivity index (χ0) is 21.4. The third-order valence-electron chi connectivity index (χ3n) is 8.17. The highest BCUT2D eigenvalue weighted by Crippen LogP contribution is 2.62. The molecule has 4 rings (SSSR count). The van der Waals surface area contributed by atoms with Gasteiger partial charge in [0.15, 0.2) is 0 Å². The van der Waals surface area contributed by atoms with Crippen molar-refractivity contribution in [3.8, 4) is 5.75 Å². The van der Waals surface area contributed by atoms with E-state index >= 15 is 0 Å². The van der Waals surface area contributed by atoms with Crippen LogP contribution in [0.15, 0.2) is 24.3 Å². The van der Waals surface area contributed by atoms with Crippen molar-refractivity contribution in [1.82, 2.24) is 15.1 Å². The lowest BCUT2D eigenvalue weighted by molar-refractivity contribution is -0.136. The Bertz CT molecular complexity index is 785. The first-order valence-corrected chi connectivity index (χ1v) is 11.3. The number of rotatable bonds is 5. The smallest absolute Gasteiger partial charge is 0.227 e. The highest BCUT2D eigenvalue weighted by molar-refractivity contribution is 5.84. The molecule has 1 aromatic rings. The summed E-state index contributed by atoms with van der Waals surface area (Å²) in [6, 6.07) is 7.75. The predicted octanol–water partition coefficient (Wildman–Crippen LogP) is 2.32. The summed E-state index contributed by atoms with van der Waals surface area (Å²) in [6.07, 6.45) is 4.56. The molecule has 0 unspecified atom stereocenters. The number of fused-ring (bicyclic) bond motifs is 2. The van der Waals surface area contributed by atoms with Crippen LogP contribution in [0.4, 0.5) is 0 Å². The van der Waals surface area contributed by atoms with Crippen LogP contribution in [0, 0.1) is 16.7 Å². The third kappa shape index (κ3) is 3.49. The van der Waals surface area contributed by atoms with Crippen LogP contribution in [0.5, 0.6) is 5.75 Å². The number of likely N-dealkylation sites (tertiary alicyclic amines) is 2. The molecule has 1 aromatic carbocycles. The van der Waals surface area contributed by atoms with Crippen molar-refractivity contribution >= 4 is 11.8 Å². The van der Waals surface area contributed by atoms with Crippen LogP contribution >= 0.6 is 0 Å². The second kappa shape index (κ2) is 8.22. The van der Waals surface area contributed by atoms with Crippen molar-refractivity contribution in [1.29, 1.82) is 0 Å². The van der Waals surface area contributed by atoms with Crippen LogP contribution in [0.25, 0.3) is 0 Å². The van der Waals surface area contributed by atoms with Crippen LogP contribution in [0.3, 0.4) is 0 Å². The zero-order valence-corrected chi connectivity index (χ0v) is 18.6. The Balaban J connectivity index is 1.42. The first-order chi connectivity index (χ1) is 14.5. The number of nitrogens with one attached hydrogen (secondary N) is 1. The van der Waals surface area contributed by atoms with E-state index in [2.05, 4.69) is 17.1 Å². The number of amides is 2. The lowest BCUT2D eigenvalue weighted by Gasteiger charge is -2.44. The molecule has 30 heavy (non-hydrogen) atoms. The minimum absolute atomic E-state index is 0.201. The summed E-state index contributed by atoms with van der Waals surface area (Å²) in [5.74, 6) is 1.64. The number of hydrogen-bond donors (Lipinski definition) is 1. The molecule has 2 heterocycles. The fraction of sp³-hybridized carbons (Fsp3) is 0.667. The molecule has 6 nitrogen and oxygen atoms in total. The molecule has 3 aliphatic rings. The van der Waals surface area contributed by atoms with Gasteiger partial charge in [-0.05, 0) is 61.3 Å². The number of nitrogens with zero attached hydrogens (tertiary/aromatic N) is 2. The monoisotopic (exact) mass is 413 g/mol. The average Bonchev–Trinajstić information content (AvgIpc) is 3.31. The Hall–Kier alpha value is -2.08. The lowest BCUT2D eigenvalue weighted by Crippen LogP contribution is -2.49. The molecular weight excluding hydrogens is 378 g/mol. The summed E-state index contributed by atoms with van der Waals surface area (Å²) in [6.45, 7) is 6.70. The topological polar surface area (TPSA) is 61.9 Å². The van der Waals surface area contributed by atoms with Gasteiger partial charge in [0, 0.05) is 33.2 Å².